The summed E-state index contributed by atoms with van der Waals surface area (Å²) in [4.78, 5) is 19.1. The predicted octanol–water partition coefficient (Wildman–Crippen LogP) is 3.68. The lowest BCUT2D eigenvalue weighted by Crippen LogP contribution is -2.34. The van der Waals surface area contributed by atoms with Gasteiger partial charge >= 0.3 is 0 Å². The molecule has 0 bridgehead atoms. The SMILES string of the molecule is CC1(CN)CCN(C(=O)c2ccc(-n3cnc4ccccc43)cc2)C1.Cl.Cl. The van der Waals surface area contributed by atoms with Gasteiger partial charge in [0.25, 0.3) is 5.91 Å². The maximum atomic E-state index is 12.7. The normalized spacial score (nSPS) is 18.8. The van der Waals surface area contributed by atoms with Gasteiger partial charge in [0.2, 0.25) is 0 Å². The van der Waals surface area contributed by atoms with E-state index in [4.69, 9.17) is 5.73 Å². The number of imidazole rings is 1. The summed E-state index contributed by atoms with van der Waals surface area (Å²) in [6.07, 6.45) is 2.78. The van der Waals surface area contributed by atoms with Crippen LogP contribution in [0.1, 0.15) is 23.7 Å². The van der Waals surface area contributed by atoms with Crippen molar-refractivity contribution in [2.24, 2.45) is 11.1 Å². The van der Waals surface area contributed by atoms with Gasteiger partial charge in [0.1, 0.15) is 6.33 Å². The Hall–Kier alpha value is -2.08. The lowest BCUT2D eigenvalue weighted by Gasteiger charge is -2.22. The van der Waals surface area contributed by atoms with Gasteiger partial charge in [0, 0.05) is 24.3 Å². The van der Waals surface area contributed by atoms with Gasteiger partial charge in [-0.3, -0.25) is 9.36 Å². The van der Waals surface area contributed by atoms with Gasteiger partial charge in [0.15, 0.2) is 0 Å². The van der Waals surface area contributed by atoms with Gasteiger partial charge in [-0.25, -0.2) is 4.98 Å². The number of hydrogen-bond donors (Lipinski definition) is 1. The van der Waals surface area contributed by atoms with Crippen LogP contribution in [0, 0.1) is 5.41 Å². The molecule has 1 aliphatic heterocycles. The molecule has 0 spiro atoms. The summed E-state index contributed by atoms with van der Waals surface area (Å²) < 4.78 is 2.03. The minimum Gasteiger partial charge on any atom is -0.338 e. The van der Waals surface area contributed by atoms with E-state index in [0.29, 0.717) is 6.54 Å². The zero-order valence-corrected chi connectivity index (χ0v) is 16.8. The maximum absolute atomic E-state index is 12.7. The molecule has 144 valence electrons. The molecule has 1 unspecified atom stereocenters. The molecule has 4 rings (SSSR count). The highest BCUT2D eigenvalue weighted by molar-refractivity contribution is 5.94. The molecule has 3 aromatic rings. The van der Waals surface area contributed by atoms with Crippen molar-refractivity contribution in [2.75, 3.05) is 19.6 Å². The van der Waals surface area contributed by atoms with Crippen molar-refractivity contribution >= 4 is 41.8 Å². The van der Waals surface area contributed by atoms with Crippen LogP contribution in [0.25, 0.3) is 16.7 Å². The third kappa shape index (κ3) is 3.95. The van der Waals surface area contributed by atoms with Crippen LogP contribution in [0.5, 0.6) is 0 Å². The van der Waals surface area contributed by atoms with E-state index in [1.165, 1.54) is 0 Å². The second kappa shape index (κ2) is 8.30. The molecule has 1 saturated heterocycles. The molecule has 1 fully saturated rings. The van der Waals surface area contributed by atoms with Crippen LogP contribution in [0.4, 0.5) is 0 Å². The second-order valence-electron chi connectivity index (χ2n) is 7.14. The first-order chi connectivity index (χ1) is 12.1. The monoisotopic (exact) mass is 406 g/mol. The van der Waals surface area contributed by atoms with Crippen LogP contribution in [-0.4, -0.2) is 40.0 Å². The highest BCUT2D eigenvalue weighted by atomic mass is 35.5. The Morgan fingerprint density at radius 3 is 2.52 bits per heavy atom. The first-order valence-electron chi connectivity index (χ1n) is 8.62. The summed E-state index contributed by atoms with van der Waals surface area (Å²) in [5, 5.41) is 0. The van der Waals surface area contributed by atoms with Gasteiger partial charge in [0.05, 0.1) is 11.0 Å². The highest BCUT2D eigenvalue weighted by Crippen LogP contribution is 2.29. The molecule has 1 aromatic heterocycles. The number of amides is 1. The van der Waals surface area contributed by atoms with Crippen LogP contribution in [-0.2, 0) is 0 Å². The quantitative estimate of drug-likeness (QED) is 0.721. The Morgan fingerprint density at radius 1 is 1.15 bits per heavy atom. The zero-order chi connectivity index (χ0) is 17.4. The van der Waals surface area contributed by atoms with Crippen LogP contribution in [0.15, 0.2) is 54.9 Å². The van der Waals surface area contributed by atoms with Crippen molar-refractivity contribution in [2.45, 2.75) is 13.3 Å². The van der Waals surface area contributed by atoms with Crippen LogP contribution in [0.3, 0.4) is 0 Å². The van der Waals surface area contributed by atoms with Crippen molar-refractivity contribution in [1.29, 1.82) is 0 Å². The Bertz CT molecular complexity index is 925. The third-order valence-electron chi connectivity index (χ3n) is 5.18. The number of benzene rings is 2. The predicted molar refractivity (Wildman–Crippen MR) is 113 cm³/mol. The smallest absolute Gasteiger partial charge is 0.253 e. The minimum absolute atomic E-state index is 0. The van der Waals surface area contributed by atoms with E-state index in [9.17, 15) is 4.79 Å². The van der Waals surface area contributed by atoms with E-state index >= 15 is 0 Å². The molecular weight excluding hydrogens is 383 g/mol. The molecule has 27 heavy (non-hydrogen) atoms. The Labute approximate surface area is 171 Å². The lowest BCUT2D eigenvalue weighted by atomic mass is 9.90. The topological polar surface area (TPSA) is 64.2 Å². The van der Waals surface area contributed by atoms with Crippen LogP contribution >= 0.6 is 24.8 Å². The Kier molecular flexibility index (Phi) is 6.52. The lowest BCUT2D eigenvalue weighted by molar-refractivity contribution is 0.0777. The average molecular weight is 407 g/mol. The molecule has 2 N–H and O–H groups in total. The van der Waals surface area contributed by atoms with Crippen molar-refractivity contribution < 1.29 is 4.79 Å². The number of carbonyl (C=O) groups is 1. The molecule has 1 atom stereocenters. The first kappa shape index (κ1) is 21.2. The molecule has 2 heterocycles. The fourth-order valence-electron chi connectivity index (χ4n) is 3.48. The molecule has 0 radical (unpaired) electrons. The number of para-hydroxylation sites is 2. The molecule has 2 aromatic carbocycles. The molecular formula is C20H24Cl2N4O. The summed E-state index contributed by atoms with van der Waals surface area (Å²) in [6, 6.07) is 15.7. The van der Waals surface area contributed by atoms with E-state index in [0.717, 1.165) is 41.8 Å². The van der Waals surface area contributed by atoms with Crippen molar-refractivity contribution in [3.05, 3.63) is 60.4 Å². The van der Waals surface area contributed by atoms with Gasteiger partial charge < -0.3 is 10.6 Å². The summed E-state index contributed by atoms with van der Waals surface area (Å²) in [7, 11) is 0. The van der Waals surface area contributed by atoms with E-state index < -0.39 is 0 Å². The fraction of sp³-hybridized carbons (Fsp3) is 0.300. The number of hydrogen-bond acceptors (Lipinski definition) is 3. The summed E-state index contributed by atoms with van der Waals surface area (Å²) >= 11 is 0. The van der Waals surface area contributed by atoms with E-state index in [1.807, 2.05) is 64.3 Å². The van der Waals surface area contributed by atoms with Crippen LogP contribution < -0.4 is 5.73 Å². The van der Waals surface area contributed by atoms with Crippen molar-refractivity contribution in [3.63, 3.8) is 0 Å². The zero-order valence-electron chi connectivity index (χ0n) is 15.2. The van der Waals surface area contributed by atoms with Crippen molar-refractivity contribution in [1.82, 2.24) is 14.5 Å². The van der Waals surface area contributed by atoms with E-state index in [1.54, 1.807) is 0 Å². The third-order valence-corrected chi connectivity index (χ3v) is 5.18. The number of aromatic nitrogens is 2. The minimum atomic E-state index is 0. The average Bonchev–Trinajstić information content (AvgIpc) is 3.26. The van der Waals surface area contributed by atoms with Gasteiger partial charge in [-0.2, -0.15) is 0 Å². The van der Waals surface area contributed by atoms with Gasteiger partial charge in [-0.1, -0.05) is 19.1 Å². The van der Waals surface area contributed by atoms with Crippen molar-refractivity contribution in [3.8, 4) is 5.69 Å². The Balaban J connectivity index is 0.00000131. The Morgan fingerprint density at radius 2 is 1.85 bits per heavy atom. The second-order valence-corrected chi connectivity index (χ2v) is 7.14. The summed E-state index contributed by atoms with van der Waals surface area (Å²) in [5.74, 6) is 0.0826. The molecule has 1 aliphatic rings. The largest absolute Gasteiger partial charge is 0.338 e. The van der Waals surface area contributed by atoms with Gasteiger partial charge in [-0.15, -0.1) is 24.8 Å². The van der Waals surface area contributed by atoms with Crippen LogP contribution in [0.2, 0.25) is 0 Å². The standard InChI is InChI=1S/C20H22N4O.2ClH/c1-20(12-21)10-11-23(13-20)19(25)15-6-8-16(9-7-15)24-14-22-17-4-2-3-5-18(17)24;;/h2-9,14H,10-13,21H2,1H3;2*1H. The molecule has 5 nitrogen and oxygen atoms in total. The molecule has 7 heteroatoms. The molecule has 1 amide bonds. The molecule has 0 aliphatic carbocycles. The van der Waals surface area contributed by atoms with E-state index in [2.05, 4.69) is 11.9 Å². The number of nitrogens with two attached hydrogens (primary N) is 1. The number of likely N-dealkylation sites (tertiary alicyclic amines) is 1. The highest BCUT2D eigenvalue weighted by Gasteiger charge is 2.35. The fourth-order valence-corrected chi connectivity index (χ4v) is 3.48. The number of rotatable bonds is 3. The first-order valence-corrected chi connectivity index (χ1v) is 8.62. The number of carbonyl (C=O) groups excluding carboxylic acids is 1. The van der Waals surface area contributed by atoms with E-state index in [-0.39, 0.29) is 36.1 Å². The summed E-state index contributed by atoms with van der Waals surface area (Å²) in [6.45, 7) is 4.27. The number of nitrogens with zero attached hydrogens (tertiary/aromatic N) is 3. The number of fused-ring (bicyclic) bond motifs is 1. The number of halogens is 2. The summed E-state index contributed by atoms with van der Waals surface area (Å²) in [5.41, 5.74) is 9.62. The maximum Gasteiger partial charge on any atom is 0.253 e. The molecule has 0 saturated carbocycles. The van der Waals surface area contributed by atoms with Gasteiger partial charge in [-0.05, 0) is 54.8 Å².